The molecule has 2 aromatic heterocycles. The van der Waals surface area contributed by atoms with Crippen LogP contribution in [0.2, 0.25) is 0 Å². The molecule has 0 aliphatic carbocycles. The maximum absolute atomic E-state index is 5.56. The second-order valence-electron chi connectivity index (χ2n) is 4.85. The van der Waals surface area contributed by atoms with E-state index in [0.717, 1.165) is 22.6 Å². The Hall–Kier alpha value is -1.85. The summed E-state index contributed by atoms with van der Waals surface area (Å²) in [6.07, 6.45) is 5.42. The lowest BCUT2D eigenvalue weighted by molar-refractivity contribution is 0.429. The quantitative estimate of drug-likeness (QED) is 0.767. The van der Waals surface area contributed by atoms with E-state index in [1.54, 1.807) is 12.5 Å². The van der Waals surface area contributed by atoms with Crippen LogP contribution in [0, 0.1) is 0 Å². The first-order valence-electron chi connectivity index (χ1n) is 6.72. The van der Waals surface area contributed by atoms with E-state index in [1.807, 2.05) is 42.1 Å². The summed E-state index contributed by atoms with van der Waals surface area (Å²) in [6.45, 7) is 0.742. The summed E-state index contributed by atoms with van der Waals surface area (Å²) in [7, 11) is 1.99. The molecule has 0 bridgehead atoms. The number of nitrogens with one attached hydrogen (secondary N) is 1. The molecule has 3 rings (SSSR count). The van der Waals surface area contributed by atoms with Crippen molar-refractivity contribution in [1.29, 1.82) is 0 Å². The highest BCUT2D eigenvalue weighted by Crippen LogP contribution is 2.21. The van der Waals surface area contributed by atoms with Crippen LogP contribution in [0.1, 0.15) is 23.2 Å². The number of aromatic nitrogens is 2. The van der Waals surface area contributed by atoms with Gasteiger partial charge in [-0.15, -0.1) is 0 Å². The minimum absolute atomic E-state index is 0.0661. The van der Waals surface area contributed by atoms with Gasteiger partial charge in [0.25, 0.3) is 0 Å². The van der Waals surface area contributed by atoms with E-state index in [4.69, 9.17) is 4.42 Å². The first kappa shape index (κ1) is 14.1. The van der Waals surface area contributed by atoms with E-state index >= 15 is 0 Å². The first-order chi connectivity index (χ1) is 10.2. The number of benzene rings is 1. The maximum atomic E-state index is 5.56. The molecular weight excluding hydrogens is 330 g/mol. The van der Waals surface area contributed by atoms with Crippen molar-refractivity contribution >= 4 is 15.9 Å². The van der Waals surface area contributed by atoms with Crippen molar-refractivity contribution < 1.29 is 4.42 Å². The Bertz CT molecular complexity index is 689. The fraction of sp³-hybridized carbons (Fsp3) is 0.188. The van der Waals surface area contributed by atoms with E-state index < -0.39 is 0 Å². The Morgan fingerprint density at radius 1 is 1.29 bits per heavy atom. The van der Waals surface area contributed by atoms with Crippen molar-refractivity contribution in [3.05, 3.63) is 76.7 Å². The molecule has 21 heavy (non-hydrogen) atoms. The van der Waals surface area contributed by atoms with E-state index in [9.17, 15) is 0 Å². The predicted molar refractivity (Wildman–Crippen MR) is 84.7 cm³/mol. The topological polar surface area (TPSA) is 43.0 Å². The molecule has 1 unspecified atom stereocenters. The van der Waals surface area contributed by atoms with Crippen molar-refractivity contribution in [2.75, 3.05) is 0 Å². The molecule has 1 aromatic carbocycles. The molecule has 1 atom stereocenters. The van der Waals surface area contributed by atoms with Crippen LogP contribution in [0.4, 0.5) is 0 Å². The van der Waals surface area contributed by atoms with Gasteiger partial charge in [-0.3, -0.25) is 5.32 Å². The Kier molecular flexibility index (Phi) is 4.22. The fourth-order valence-corrected chi connectivity index (χ4v) is 2.52. The van der Waals surface area contributed by atoms with Gasteiger partial charge in [-0.1, -0.05) is 28.1 Å². The Morgan fingerprint density at radius 2 is 2.10 bits per heavy atom. The first-order valence-corrected chi connectivity index (χ1v) is 7.52. The van der Waals surface area contributed by atoms with Crippen LogP contribution < -0.4 is 5.32 Å². The maximum Gasteiger partial charge on any atom is 0.133 e. The minimum Gasteiger partial charge on any atom is -0.467 e. The van der Waals surface area contributed by atoms with Gasteiger partial charge in [0.15, 0.2) is 0 Å². The summed E-state index contributed by atoms with van der Waals surface area (Å²) in [4.78, 5) is 4.43. The van der Waals surface area contributed by atoms with Crippen LogP contribution in [0.5, 0.6) is 0 Å². The lowest BCUT2D eigenvalue weighted by Gasteiger charge is -2.16. The van der Waals surface area contributed by atoms with E-state index in [1.165, 1.54) is 5.56 Å². The largest absolute Gasteiger partial charge is 0.467 e. The lowest BCUT2D eigenvalue weighted by atomic mass is 10.1. The van der Waals surface area contributed by atoms with Crippen molar-refractivity contribution in [3.8, 4) is 0 Å². The third-order valence-corrected chi connectivity index (χ3v) is 3.90. The van der Waals surface area contributed by atoms with Gasteiger partial charge in [-0.2, -0.15) is 0 Å². The van der Waals surface area contributed by atoms with Crippen LogP contribution in [-0.4, -0.2) is 9.55 Å². The smallest absolute Gasteiger partial charge is 0.133 e. The van der Waals surface area contributed by atoms with Gasteiger partial charge in [0.05, 0.1) is 6.26 Å². The Labute approximate surface area is 131 Å². The Balaban J connectivity index is 1.80. The molecule has 0 aliphatic heterocycles. The third kappa shape index (κ3) is 3.25. The number of hydrogen-bond acceptors (Lipinski definition) is 3. The summed E-state index contributed by atoms with van der Waals surface area (Å²) in [5, 5.41) is 3.51. The van der Waals surface area contributed by atoms with Gasteiger partial charge in [0, 0.05) is 30.5 Å². The monoisotopic (exact) mass is 345 g/mol. The molecule has 108 valence electrons. The average Bonchev–Trinajstić information content (AvgIpc) is 3.14. The second kappa shape index (κ2) is 6.28. The zero-order chi connectivity index (χ0) is 14.7. The minimum atomic E-state index is -0.0661. The predicted octanol–water partition coefficient (Wildman–Crippen LogP) is 3.65. The highest BCUT2D eigenvalue weighted by Gasteiger charge is 2.20. The zero-order valence-corrected chi connectivity index (χ0v) is 13.2. The molecular formula is C16H16BrN3O. The lowest BCUT2D eigenvalue weighted by Crippen LogP contribution is -2.24. The van der Waals surface area contributed by atoms with Crippen molar-refractivity contribution in [3.63, 3.8) is 0 Å². The molecule has 0 spiro atoms. The number of furan rings is 1. The van der Waals surface area contributed by atoms with Crippen LogP contribution in [0.25, 0.3) is 0 Å². The van der Waals surface area contributed by atoms with Gasteiger partial charge in [0.1, 0.15) is 17.6 Å². The normalized spacial score (nSPS) is 12.5. The number of imidazole rings is 1. The van der Waals surface area contributed by atoms with Gasteiger partial charge < -0.3 is 8.98 Å². The van der Waals surface area contributed by atoms with E-state index in [-0.39, 0.29) is 6.04 Å². The number of rotatable bonds is 5. The number of aryl methyl sites for hydroxylation is 1. The molecule has 5 heteroatoms. The number of nitrogens with zero attached hydrogens (tertiary/aromatic N) is 2. The van der Waals surface area contributed by atoms with Crippen LogP contribution in [0.3, 0.4) is 0 Å². The average molecular weight is 346 g/mol. The summed E-state index contributed by atoms with van der Waals surface area (Å²) >= 11 is 3.45. The molecule has 0 aliphatic rings. The molecule has 0 fully saturated rings. The summed E-state index contributed by atoms with van der Waals surface area (Å²) < 4.78 is 8.64. The third-order valence-electron chi connectivity index (χ3n) is 3.37. The van der Waals surface area contributed by atoms with Crippen molar-refractivity contribution in [1.82, 2.24) is 14.9 Å². The van der Waals surface area contributed by atoms with Gasteiger partial charge >= 0.3 is 0 Å². The molecule has 0 saturated carbocycles. The molecule has 3 aromatic rings. The molecule has 1 N–H and O–H groups in total. The fourth-order valence-electron chi connectivity index (χ4n) is 2.25. The van der Waals surface area contributed by atoms with Gasteiger partial charge in [0.2, 0.25) is 0 Å². The molecule has 0 saturated heterocycles. The van der Waals surface area contributed by atoms with Gasteiger partial charge in [-0.25, -0.2) is 4.98 Å². The second-order valence-corrected chi connectivity index (χ2v) is 5.77. The molecule has 0 radical (unpaired) electrons. The van der Waals surface area contributed by atoms with Crippen molar-refractivity contribution in [2.45, 2.75) is 12.6 Å². The van der Waals surface area contributed by atoms with Gasteiger partial charge in [-0.05, 0) is 29.8 Å². The summed E-state index contributed by atoms with van der Waals surface area (Å²) in [5.74, 6) is 1.79. The summed E-state index contributed by atoms with van der Waals surface area (Å²) in [5.41, 5.74) is 1.21. The zero-order valence-electron chi connectivity index (χ0n) is 11.7. The molecule has 4 nitrogen and oxygen atoms in total. The van der Waals surface area contributed by atoms with Crippen LogP contribution in [0.15, 0.2) is 63.9 Å². The highest BCUT2D eigenvalue weighted by atomic mass is 79.9. The summed E-state index contributed by atoms with van der Waals surface area (Å²) in [6, 6.07) is 12.1. The van der Waals surface area contributed by atoms with Crippen LogP contribution in [-0.2, 0) is 13.6 Å². The van der Waals surface area contributed by atoms with Crippen LogP contribution >= 0.6 is 15.9 Å². The number of hydrogen-bond donors (Lipinski definition) is 1. The number of halogens is 1. The highest BCUT2D eigenvalue weighted by molar-refractivity contribution is 9.10. The molecule has 0 amide bonds. The Morgan fingerprint density at radius 3 is 2.71 bits per heavy atom. The van der Waals surface area contributed by atoms with E-state index in [2.05, 4.69) is 38.4 Å². The van der Waals surface area contributed by atoms with E-state index in [0.29, 0.717) is 0 Å². The SMILES string of the molecule is Cn1ccnc1C(NCc1ccc(Br)cc1)c1ccco1. The van der Waals surface area contributed by atoms with Crippen molar-refractivity contribution in [2.24, 2.45) is 7.05 Å². The standard InChI is InChI=1S/C16H16BrN3O/c1-20-9-8-18-16(20)15(14-3-2-10-21-14)19-11-12-4-6-13(17)7-5-12/h2-10,15,19H,11H2,1H3. The molecule has 2 heterocycles.